The number of rotatable bonds is 9. The van der Waals surface area contributed by atoms with Gasteiger partial charge in [-0.05, 0) is 60.7 Å². The van der Waals surface area contributed by atoms with Gasteiger partial charge in [-0.1, -0.05) is 32.4 Å². The maximum atomic E-state index is 13.3. The highest BCUT2D eigenvalue weighted by atomic mass is 32.2. The first-order chi connectivity index (χ1) is 14.7. The van der Waals surface area contributed by atoms with E-state index in [4.69, 9.17) is 4.74 Å². The molecule has 6 nitrogen and oxygen atoms in total. The molecule has 31 heavy (non-hydrogen) atoms. The van der Waals surface area contributed by atoms with Crippen molar-refractivity contribution in [1.82, 2.24) is 10.0 Å². The van der Waals surface area contributed by atoms with E-state index in [1.165, 1.54) is 31.4 Å². The Balaban J connectivity index is 1.70. The number of hydrogen-bond donors (Lipinski definition) is 2. The Morgan fingerprint density at radius 3 is 2.19 bits per heavy atom. The van der Waals surface area contributed by atoms with Gasteiger partial charge in [0, 0.05) is 12.0 Å². The van der Waals surface area contributed by atoms with Gasteiger partial charge < -0.3 is 10.1 Å². The molecule has 8 heteroatoms. The van der Waals surface area contributed by atoms with E-state index < -0.39 is 16.1 Å². The standard InChI is InChI=1S/C23H29FN2O4S/c1-16(2)21(26-31(28,29)20-11-9-19(30-3)10-12-20)22(27)25-15-23(13-4-14-23)17-5-7-18(24)8-6-17/h5-12,16,21,26H,4,13-15H2,1-3H3,(H,25,27)/t21-/m0/s1. The second kappa shape index (κ2) is 9.36. The molecule has 168 valence electrons. The third-order valence-electron chi connectivity index (χ3n) is 5.97. The first-order valence-corrected chi connectivity index (χ1v) is 11.9. The number of nitrogens with one attached hydrogen (secondary N) is 2. The van der Waals surface area contributed by atoms with E-state index in [9.17, 15) is 17.6 Å². The molecule has 0 aliphatic heterocycles. The Kier molecular flexibility index (Phi) is 7.01. The van der Waals surface area contributed by atoms with Crippen LogP contribution >= 0.6 is 0 Å². The number of hydrogen-bond acceptors (Lipinski definition) is 4. The van der Waals surface area contributed by atoms with Crippen LogP contribution in [0.25, 0.3) is 0 Å². The molecule has 0 aromatic heterocycles. The largest absolute Gasteiger partial charge is 0.497 e. The van der Waals surface area contributed by atoms with Crippen molar-refractivity contribution >= 4 is 15.9 Å². The van der Waals surface area contributed by atoms with E-state index in [1.54, 1.807) is 38.1 Å². The zero-order valence-corrected chi connectivity index (χ0v) is 18.8. The number of sulfonamides is 1. The molecule has 1 atom stereocenters. The molecule has 1 aliphatic rings. The van der Waals surface area contributed by atoms with Crippen LogP contribution in [-0.4, -0.2) is 34.0 Å². The molecule has 2 N–H and O–H groups in total. The Labute approximate surface area is 183 Å². The SMILES string of the molecule is COc1ccc(S(=O)(=O)N[C@H](C(=O)NCC2(c3ccc(F)cc3)CCC2)C(C)C)cc1. The molecule has 0 heterocycles. The smallest absolute Gasteiger partial charge is 0.241 e. The summed E-state index contributed by atoms with van der Waals surface area (Å²) in [6.45, 7) is 3.96. The Morgan fingerprint density at radius 1 is 1.10 bits per heavy atom. The quantitative estimate of drug-likeness (QED) is 0.616. The van der Waals surface area contributed by atoms with Crippen molar-refractivity contribution < 1.29 is 22.3 Å². The third kappa shape index (κ3) is 5.25. The summed E-state index contributed by atoms with van der Waals surface area (Å²) in [4.78, 5) is 13.0. The fraction of sp³-hybridized carbons (Fsp3) is 0.435. The van der Waals surface area contributed by atoms with Crippen LogP contribution in [0.15, 0.2) is 53.4 Å². The minimum atomic E-state index is -3.88. The van der Waals surface area contributed by atoms with Gasteiger partial charge in [0.05, 0.1) is 12.0 Å². The van der Waals surface area contributed by atoms with Gasteiger partial charge in [-0.15, -0.1) is 0 Å². The summed E-state index contributed by atoms with van der Waals surface area (Å²) in [5.74, 6) is -0.379. The van der Waals surface area contributed by atoms with Gasteiger partial charge in [0.1, 0.15) is 17.6 Å². The summed E-state index contributed by atoms with van der Waals surface area (Å²) >= 11 is 0. The number of carbonyl (C=O) groups excluding carboxylic acids is 1. The Bertz CT molecular complexity index is 1000. The van der Waals surface area contributed by atoms with Crippen molar-refractivity contribution in [3.05, 3.63) is 59.9 Å². The zero-order valence-electron chi connectivity index (χ0n) is 18.0. The normalized spacial score (nSPS) is 16.4. The molecule has 1 fully saturated rings. The van der Waals surface area contributed by atoms with Gasteiger partial charge >= 0.3 is 0 Å². The number of halogens is 1. The van der Waals surface area contributed by atoms with Crippen LogP contribution in [0.4, 0.5) is 4.39 Å². The molecule has 2 aromatic carbocycles. The molecule has 3 rings (SSSR count). The van der Waals surface area contributed by atoms with Gasteiger partial charge in [0.25, 0.3) is 0 Å². The molecule has 1 aliphatic carbocycles. The van der Waals surface area contributed by atoms with E-state index in [1.807, 2.05) is 0 Å². The summed E-state index contributed by atoms with van der Waals surface area (Å²) in [6.07, 6.45) is 2.82. The molecule has 0 spiro atoms. The molecule has 2 aromatic rings. The summed E-state index contributed by atoms with van der Waals surface area (Å²) in [5, 5.41) is 2.93. The fourth-order valence-electron chi connectivity index (χ4n) is 3.82. The topological polar surface area (TPSA) is 84.5 Å². The van der Waals surface area contributed by atoms with Crippen molar-refractivity contribution in [2.45, 2.75) is 49.5 Å². The molecule has 0 radical (unpaired) electrons. The zero-order chi connectivity index (χ0) is 22.6. The summed E-state index contributed by atoms with van der Waals surface area (Å²) in [6, 6.07) is 11.4. The average Bonchev–Trinajstić information content (AvgIpc) is 2.72. The predicted octanol–water partition coefficient (Wildman–Crippen LogP) is 3.38. The molecular formula is C23H29FN2O4S. The summed E-state index contributed by atoms with van der Waals surface area (Å²) in [7, 11) is -2.38. The first kappa shape index (κ1) is 23.2. The number of ether oxygens (including phenoxy) is 1. The molecular weight excluding hydrogens is 419 g/mol. The van der Waals surface area contributed by atoms with Gasteiger partial charge in [-0.3, -0.25) is 4.79 Å². The minimum absolute atomic E-state index is 0.0634. The lowest BCUT2D eigenvalue weighted by molar-refractivity contribution is -0.124. The van der Waals surface area contributed by atoms with E-state index >= 15 is 0 Å². The number of benzene rings is 2. The molecule has 0 bridgehead atoms. The highest BCUT2D eigenvalue weighted by Crippen LogP contribution is 2.43. The van der Waals surface area contributed by atoms with Crippen molar-refractivity contribution in [1.29, 1.82) is 0 Å². The molecule has 0 saturated heterocycles. The van der Waals surface area contributed by atoms with Crippen molar-refractivity contribution in [2.24, 2.45) is 5.92 Å². The molecule has 1 saturated carbocycles. The van der Waals surface area contributed by atoms with Crippen molar-refractivity contribution in [3.63, 3.8) is 0 Å². The van der Waals surface area contributed by atoms with E-state index in [2.05, 4.69) is 10.0 Å². The van der Waals surface area contributed by atoms with Crippen LogP contribution < -0.4 is 14.8 Å². The summed E-state index contributed by atoms with van der Waals surface area (Å²) in [5.41, 5.74) is 0.750. The van der Waals surface area contributed by atoms with E-state index in [0.717, 1.165) is 24.8 Å². The van der Waals surface area contributed by atoms with E-state index in [0.29, 0.717) is 12.3 Å². The van der Waals surface area contributed by atoms with Crippen LogP contribution in [0.2, 0.25) is 0 Å². The highest BCUT2D eigenvalue weighted by Gasteiger charge is 2.39. The average molecular weight is 449 g/mol. The predicted molar refractivity (Wildman–Crippen MR) is 117 cm³/mol. The van der Waals surface area contributed by atoms with Gasteiger partial charge in [-0.2, -0.15) is 4.72 Å². The highest BCUT2D eigenvalue weighted by molar-refractivity contribution is 7.89. The third-order valence-corrected chi connectivity index (χ3v) is 7.43. The first-order valence-electron chi connectivity index (χ1n) is 10.4. The maximum absolute atomic E-state index is 13.3. The van der Waals surface area contributed by atoms with Gasteiger partial charge in [0.15, 0.2) is 0 Å². The van der Waals surface area contributed by atoms with Crippen molar-refractivity contribution in [2.75, 3.05) is 13.7 Å². The van der Waals surface area contributed by atoms with Crippen LogP contribution in [0.3, 0.4) is 0 Å². The Hall–Kier alpha value is -2.45. The lowest BCUT2D eigenvalue weighted by atomic mass is 9.64. The van der Waals surface area contributed by atoms with Crippen LogP contribution in [0.5, 0.6) is 5.75 Å². The number of carbonyl (C=O) groups is 1. The monoisotopic (exact) mass is 448 g/mol. The van der Waals surface area contributed by atoms with Crippen LogP contribution in [0, 0.1) is 11.7 Å². The number of amides is 1. The lowest BCUT2D eigenvalue weighted by Crippen LogP contribution is -2.53. The number of methoxy groups -OCH3 is 1. The fourth-order valence-corrected chi connectivity index (χ4v) is 5.17. The lowest BCUT2D eigenvalue weighted by Gasteiger charge is -2.43. The minimum Gasteiger partial charge on any atom is -0.497 e. The van der Waals surface area contributed by atoms with E-state index in [-0.39, 0.29) is 28.0 Å². The second-order valence-electron chi connectivity index (χ2n) is 8.38. The maximum Gasteiger partial charge on any atom is 0.241 e. The molecule has 1 amide bonds. The van der Waals surface area contributed by atoms with Crippen molar-refractivity contribution in [3.8, 4) is 5.75 Å². The van der Waals surface area contributed by atoms with Gasteiger partial charge in [0.2, 0.25) is 15.9 Å². The van der Waals surface area contributed by atoms with Gasteiger partial charge in [-0.25, -0.2) is 12.8 Å². The second-order valence-corrected chi connectivity index (χ2v) is 10.1. The Morgan fingerprint density at radius 2 is 1.71 bits per heavy atom. The summed E-state index contributed by atoms with van der Waals surface area (Å²) < 4.78 is 46.5. The molecule has 0 unspecified atom stereocenters. The van der Waals surface area contributed by atoms with Crippen LogP contribution in [0.1, 0.15) is 38.7 Å². The van der Waals surface area contributed by atoms with Crippen LogP contribution in [-0.2, 0) is 20.2 Å².